The molecule has 0 bridgehead atoms. The maximum atomic E-state index is 13.0. The first-order chi connectivity index (χ1) is 18.8. The molecule has 5 rings (SSSR count). The van der Waals surface area contributed by atoms with Gasteiger partial charge in [0.2, 0.25) is 11.8 Å². The lowest BCUT2D eigenvalue weighted by molar-refractivity contribution is -0.0562. The Kier molecular flexibility index (Phi) is 7.42. The molecule has 2 aromatic carbocycles. The number of ether oxygens (including phenoxy) is 4. The molecule has 1 saturated heterocycles. The van der Waals surface area contributed by atoms with E-state index in [0.717, 1.165) is 11.1 Å². The van der Waals surface area contributed by atoms with Gasteiger partial charge in [0.25, 0.3) is 0 Å². The second-order valence-electron chi connectivity index (χ2n) is 9.28. The Labute approximate surface area is 224 Å². The van der Waals surface area contributed by atoms with E-state index in [-0.39, 0.29) is 24.9 Å². The van der Waals surface area contributed by atoms with Crippen molar-refractivity contribution in [2.75, 3.05) is 18.9 Å². The summed E-state index contributed by atoms with van der Waals surface area (Å²) in [7, 11) is 0. The van der Waals surface area contributed by atoms with Crippen molar-refractivity contribution in [1.29, 1.82) is 0 Å². The number of benzene rings is 2. The Balaban J connectivity index is 1.39. The first-order valence-corrected chi connectivity index (χ1v) is 12.6. The summed E-state index contributed by atoms with van der Waals surface area (Å²) in [5, 5.41) is 0. The van der Waals surface area contributed by atoms with E-state index in [2.05, 4.69) is 15.0 Å². The summed E-state index contributed by atoms with van der Waals surface area (Å²) in [6.07, 6.45) is -0.254. The van der Waals surface area contributed by atoms with Gasteiger partial charge in [-0.15, -0.1) is 0 Å². The van der Waals surface area contributed by atoms with Gasteiger partial charge in [-0.2, -0.15) is 9.97 Å². The number of imidazole rings is 1. The van der Waals surface area contributed by atoms with Crippen LogP contribution in [0.15, 0.2) is 54.9 Å². The molecule has 2 N–H and O–H groups in total. The summed E-state index contributed by atoms with van der Waals surface area (Å²) >= 11 is 0. The largest absolute Gasteiger partial charge is 0.476 e. The number of carbonyl (C=O) groups excluding carboxylic acids is 2. The van der Waals surface area contributed by atoms with Crippen LogP contribution in [-0.2, 0) is 14.2 Å². The molecule has 2 aromatic heterocycles. The highest BCUT2D eigenvalue weighted by molar-refractivity contribution is 5.90. The topological polar surface area (TPSA) is 141 Å². The van der Waals surface area contributed by atoms with Crippen LogP contribution in [0.1, 0.15) is 51.4 Å². The fraction of sp³-hybridized carbons (Fsp3) is 0.321. The van der Waals surface area contributed by atoms with E-state index in [4.69, 9.17) is 24.7 Å². The van der Waals surface area contributed by atoms with Crippen molar-refractivity contribution in [3.05, 3.63) is 77.1 Å². The van der Waals surface area contributed by atoms with E-state index in [1.807, 2.05) is 45.0 Å². The number of aromatic nitrogens is 4. The second kappa shape index (κ2) is 11.1. The summed E-state index contributed by atoms with van der Waals surface area (Å²) in [4.78, 5) is 38.4. The van der Waals surface area contributed by atoms with Crippen molar-refractivity contribution < 1.29 is 28.5 Å². The predicted octanol–water partition coefficient (Wildman–Crippen LogP) is 3.79. The normalized spacial score (nSPS) is 18.7. The zero-order valence-electron chi connectivity index (χ0n) is 21.9. The minimum atomic E-state index is -0.735. The van der Waals surface area contributed by atoms with Crippen molar-refractivity contribution in [2.24, 2.45) is 0 Å². The lowest BCUT2D eigenvalue weighted by atomic mass is 10.1. The Morgan fingerprint density at radius 1 is 1.00 bits per heavy atom. The fourth-order valence-corrected chi connectivity index (χ4v) is 4.36. The van der Waals surface area contributed by atoms with Gasteiger partial charge in [-0.1, -0.05) is 35.4 Å². The molecule has 1 aliphatic rings. The Hall–Kier alpha value is -4.51. The van der Waals surface area contributed by atoms with Crippen LogP contribution >= 0.6 is 0 Å². The van der Waals surface area contributed by atoms with Crippen LogP contribution in [-0.4, -0.2) is 56.9 Å². The Morgan fingerprint density at radius 2 is 1.64 bits per heavy atom. The van der Waals surface area contributed by atoms with E-state index >= 15 is 0 Å². The minimum Gasteiger partial charge on any atom is -0.476 e. The van der Waals surface area contributed by atoms with E-state index < -0.39 is 30.4 Å². The summed E-state index contributed by atoms with van der Waals surface area (Å²) in [6, 6.07) is 14.1. The van der Waals surface area contributed by atoms with Crippen LogP contribution < -0.4 is 10.5 Å². The summed E-state index contributed by atoms with van der Waals surface area (Å²) in [5.74, 6) is -0.695. The Bertz CT molecular complexity index is 1490. The number of fused-ring (bicyclic) bond motifs is 1. The first kappa shape index (κ1) is 26.1. The van der Waals surface area contributed by atoms with E-state index in [9.17, 15) is 9.59 Å². The monoisotopic (exact) mass is 531 g/mol. The second-order valence-corrected chi connectivity index (χ2v) is 9.28. The van der Waals surface area contributed by atoms with Gasteiger partial charge < -0.3 is 24.7 Å². The molecule has 0 saturated carbocycles. The highest BCUT2D eigenvalue weighted by Gasteiger charge is 2.41. The summed E-state index contributed by atoms with van der Waals surface area (Å²) in [6.45, 7) is 5.94. The molecule has 0 aliphatic carbocycles. The molecule has 4 aromatic rings. The number of hydrogen-bond acceptors (Lipinski definition) is 10. The maximum Gasteiger partial charge on any atom is 0.338 e. The average molecular weight is 532 g/mol. The standard InChI is InChI=1S/C28H29N5O6/c1-4-36-25-23-24(31-28(29)32-25)30-15-33(23)22-13-20(39-27(35)19-11-7-17(3)8-12-19)21(38-22)14-37-26(34)18-9-5-16(2)6-10-18/h5-12,15,20-22H,4,13-14H2,1-3H3,(H2,29,31,32)/t20-,21+,22+/m0/s1. The number of nitrogen functional groups attached to an aromatic ring is 1. The zero-order valence-corrected chi connectivity index (χ0v) is 21.9. The highest BCUT2D eigenvalue weighted by atomic mass is 16.6. The molecule has 11 nitrogen and oxygen atoms in total. The smallest absolute Gasteiger partial charge is 0.338 e. The molecule has 0 amide bonds. The SMILES string of the molecule is CCOc1nc(N)nc2ncn([C@H]3C[C@H](OC(=O)c4ccc(C)cc4)[C@@H](COC(=O)c4ccc(C)cc4)O3)c12. The van der Waals surface area contributed by atoms with Crippen molar-refractivity contribution in [3.8, 4) is 5.88 Å². The van der Waals surface area contributed by atoms with Crippen LogP contribution in [0.5, 0.6) is 5.88 Å². The molecular weight excluding hydrogens is 502 g/mol. The van der Waals surface area contributed by atoms with Crippen LogP contribution in [0.25, 0.3) is 11.2 Å². The number of nitrogens with two attached hydrogens (primary N) is 1. The molecule has 1 fully saturated rings. The van der Waals surface area contributed by atoms with Crippen molar-refractivity contribution in [2.45, 2.75) is 45.6 Å². The quantitative estimate of drug-likeness (QED) is 0.334. The molecule has 39 heavy (non-hydrogen) atoms. The van der Waals surface area contributed by atoms with Crippen molar-refractivity contribution in [3.63, 3.8) is 0 Å². The molecule has 11 heteroatoms. The number of nitrogens with zero attached hydrogens (tertiary/aromatic N) is 4. The number of carbonyl (C=O) groups is 2. The molecule has 1 aliphatic heterocycles. The lowest BCUT2D eigenvalue weighted by Crippen LogP contribution is -2.32. The highest BCUT2D eigenvalue weighted by Crippen LogP contribution is 2.35. The van der Waals surface area contributed by atoms with E-state index in [0.29, 0.717) is 28.9 Å². The maximum absolute atomic E-state index is 13.0. The van der Waals surface area contributed by atoms with E-state index in [1.54, 1.807) is 35.2 Å². The van der Waals surface area contributed by atoms with Crippen LogP contribution in [0.2, 0.25) is 0 Å². The van der Waals surface area contributed by atoms with Gasteiger partial charge in [-0.05, 0) is 45.0 Å². The van der Waals surface area contributed by atoms with Crippen molar-refractivity contribution in [1.82, 2.24) is 19.5 Å². The van der Waals surface area contributed by atoms with Crippen LogP contribution in [0.3, 0.4) is 0 Å². The molecule has 0 radical (unpaired) electrons. The first-order valence-electron chi connectivity index (χ1n) is 12.6. The third-order valence-corrected chi connectivity index (χ3v) is 6.40. The number of rotatable bonds is 8. The van der Waals surface area contributed by atoms with Gasteiger partial charge in [-0.25, -0.2) is 14.6 Å². The third kappa shape index (κ3) is 5.68. The average Bonchev–Trinajstić information content (AvgIpc) is 3.52. The summed E-state index contributed by atoms with van der Waals surface area (Å²) in [5.41, 5.74) is 9.54. The summed E-state index contributed by atoms with van der Waals surface area (Å²) < 4.78 is 25.1. The third-order valence-electron chi connectivity index (χ3n) is 6.40. The van der Waals surface area contributed by atoms with Gasteiger partial charge in [0.1, 0.15) is 25.0 Å². The molecule has 3 atom stereocenters. The minimum absolute atomic E-state index is 0.0364. The van der Waals surface area contributed by atoms with Gasteiger partial charge in [0.05, 0.1) is 24.1 Å². The zero-order chi connectivity index (χ0) is 27.5. The Morgan fingerprint density at radius 3 is 2.28 bits per heavy atom. The lowest BCUT2D eigenvalue weighted by Gasteiger charge is -2.19. The van der Waals surface area contributed by atoms with Gasteiger partial charge in [0.15, 0.2) is 11.2 Å². The molecule has 3 heterocycles. The number of anilines is 1. The van der Waals surface area contributed by atoms with Gasteiger partial charge in [-0.3, -0.25) is 4.57 Å². The molecule has 0 spiro atoms. The van der Waals surface area contributed by atoms with Crippen LogP contribution in [0.4, 0.5) is 5.95 Å². The van der Waals surface area contributed by atoms with Crippen LogP contribution in [0, 0.1) is 13.8 Å². The van der Waals surface area contributed by atoms with E-state index in [1.165, 1.54) is 0 Å². The fourth-order valence-electron chi connectivity index (χ4n) is 4.36. The number of esters is 2. The predicted molar refractivity (Wildman–Crippen MR) is 141 cm³/mol. The molecular formula is C28H29N5O6. The van der Waals surface area contributed by atoms with Gasteiger partial charge in [0, 0.05) is 6.42 Å². The molecule has 202 valence electrons. The molecule has 0 unspecified atom stereocenters. The van der Waals surface area contributed by atoms with Crippen molar-refractivity contribution >= 4 is 29.1 Å². The van der Waals surface area contributed by atoms with Gasteiger partial charge >= 0.3 is 11.9 Å². The number of hydrogen-bond donors (Lipinski definition) is 1. The number of aryl methyl sites for hydroxylation is 2.